The zero-order chi connectivity index (χ0) is 14.8. The van der Waals surface area contributed by atoms with E-state index in [4.69, 9.17) is 0 Å². The molecule has 0 amide bonds. The largest absolute Gasteiger partial charge is 0.507 e. The van der Waals surface area contributed by atoms with Gasteiger partial charge in [-0.2, -0.15) is 0 Å². The quantitative estimate of drug-likeness (QED) is 0.762. The number of aromatic amines is 1. The molecule has 108 valence electrons. The molecular weight excluding hydrogens is 260 g/mol. The molecule has 0 bridgehead atoms. The number of hydrogen-bond acceptors (Lipinski definition) is 2. The third-order valence-electron chi connectivity index (χ3n) is 3.78. The first kappa shape index (κ1) is 13.7. The van der Waals surface area contributed by atoms with Gasteiger partial charge in [0.15, 0.2) is 0 Å². The Morgan fingerprint density at radius 1 is 1.05 bits per heavy atom. The lowest BCUT2D eigenvalue weighted by atomic mass is 10.1. The van der Waals surface area contributed by atoms with E-state index in [1.54, 1.807) is 6.07 Å². The van der Waals surface area contributed by atoms with E-state index >= 15 is 0 Å². The molecule has 1 aromatic heterocycles. The third kappa shape index (κ3) is 2.93. The van der Waals surface area contributed by atoms with E-state index in [0.29, 0.717) is 5.75 Å². The summed E-state index contributed by atoms with van der Waals surface area (Å²) in [5, 5.41) is 11.0. The van der Waals surface area contributed by atoms with Gasteiger partial charge in [0, 0.05) is 30.2 Å². The Hall–Kier alpha value is -2.26. The van der Waals surface area contributed by atoms with E-state index in [0.717, 1.165) is 29.6 Å². The Bertz CT molecular complexity index is 744. The van der Waals surface area contributed by atoms with Crippen molar-refractivity contribution in [1.82, 2.24) is 9.88 Å². The standard InChI is InChI=1S/C18H20N2O/c1-13-6-8-14(9-7-13)11-20(2)12-15-10-19-16-4-3-5-17(21)18(15)16/h3-10,19,21H,11-12H2,1-2H3. The van der Waals surface area contributed by atoms with Crippen LogP contribution in [0, 0.1) is 6.92 Å². The van der Waals surface area contributed by atoms with E-state index < -0.39 is 0 Å². The maximum atomic E-state index is 10.0. The highest BCUT2D eigenvalue weighted by Crippen LogP contribution is 2.28. The van der Waals surface area contributed by atoms with Gasteiger partial charge in [0.05, 0.1) is 0 Å². The van der Waals surface area contributed by atoms with Gasteiger partial charge in [0.2, 0.25) is 0 Å². The van der Waals surface area contributed by atoms with E-state index in [-0.39, 0.29) is 0 Å². The molecule has 0 saturated carbocycles. The predicted octanol–water partition coefficient (Wildman–Crippen LogP) is 3.81. The van der Waals surface area contributed by atoms with Crippen molar-refractivity contribution in [3.05, 3.63) is 65.4 Å². The SMILES string of the molecule is Cc1ccc(CN(C)Cc2c[nH]c3cccc(O)c23)cc1. The second kappa shape index (κ2) is 5.62. The fraction of sp³-hybridized carbons (Fsp3) is 0.222. The Morgan fingerprint density at radius 3 is 2.57 bits per heavy atom. The van der Waals surface area contributed by atoms with Crippen molar-refractivity contribution in [1.29, 1.82) is 0 Å². The molecule has 0 aliphatic rings. The summed E-state index contributed by atoms with van der Waals surface area (Å²) in [6.45, 7) is 3.79. The first-order chi connectivity index (χ1) is 10.1. The first-order valence-corrected chi connectivity index (χ1v) is 7.15. The number of aryl methyl sites for hydroxylation is 1. The fourth-order valence-electron chi connectivity index (χ4n) is 2.71. The van der Waals surface area contributed by atoms with Crippen LogP contribution in [0.1, 0.15) is 16.7 Å². The Morgan fingerprint density at radius 2 is 1.81 bits per heavy atom. The van der Waals surface area contributed by atoms with Gasteiger partial charge in [-0.25, -0.2) is 0 Å². The van der Waals surface area contributed by atoms with Crippen molar-refractivity contribution >= 4 is 10.9 Å². The minimum atomic E-state index is 0.340. The summed E-state index contributed by atoms with van der Waals surface area (Å²) in [4.78, 5) is 5.47. The number of fused-ring (bicyclic) bond motifs is 1. The number of aromatic nitrogens is 1. The summed E-state index contributed by atoms with van der Waals surface area (Å²) in [5.41, 5.74) is 4.68. The van der Waals surface area contributed by atoms with Crippen LogP contribution >= 0.6 is 0 Å². The van der Waals surface area contributed by atoms with Gasteiger partial charge in [0.1, 0.15) is 5.75 Å². The summed E-state index contributed by atoms with van der Waals surface area (Å²) in [6, 6.07) is 14.2. The summed E-state index contributed by atoms with van der Waals surface area (Å²) >= 11 is 0. The van der Waals surface area contributed by atoms with Crippen molar-refractivity contribution in [3.63, 3.8) is 0 Å². The van der Waals surface area contributed by atoms with E-state index in [9.17, 15) is 5.11 Å². The Kier molecular flexibility index (Phi) is 3.67. The highest BCUT2D eigenvalue weighted by Gasteiger charge is 2.10. The van der Waals surface area contributed by atoms with Crippen LogP contribution in [0.25, 0.3) is 10.9 Å². The Labute approximate surface area is 124 Å². The molecule has 3 heteroatoms. The molecule has 0 saturated heterocycles. The number of phenols is 1. The van der Waals surface area contributed by atoms with Crippen molar-refractivity contribution in [2.75, 3.05) is 7.05 Å². The smallest absolute Gasteiger partial charge is 0.125 e. The normalized spacial score (nSPS) is 11.4. The zero-order valence-corrected chi connectivity index (χ0v) is 12.4. The maximum absolute atomic E-state index is 10.0. The van der Waals surface area contributed by atoms with Crippen molar-refractivity contribution < 1.29 is 5.11 Å². The third-order valence-corrected chi connectivity index (χ3v) is 3.78. The molecule has 0 aliphatic heterocycles. The van der Waals surface area contributed by atoms with Crippen LogP contribution in [0.5, 0.6) is 5.75 Å². The molecule has 3 rings (SSSR count). The van der Waals surface area contributed by atoms with Gasteiger partial charge < -0.3 is 10.1 Å². The van der Waals surface area contributed by atoms with Crippen LogP contribution in [0.2, 0.25) is 0 Å². The number of aromatic hydroxyl groups is 1. The van der Waals surface area contributed by atoms with E-state index in [1.807, 2.05) is 18.3 Å². The molecule has 0 aliphatic carbocycles. The summed E-state index contributed by atoms with van der Waals surface area (Å²) < 4.78 is 0. The highest BCUT2D eigenvalue weighted by atomic mass is 16.3. The van der Waals surface area contributed by atoms with Crippen LogP contribution in [0.4, 0.5) is 0 Å². The molecule has 2 N–H and O–H groups in total. The first-order valence-electron chi connectivity index (χ1n) is 7.15. The molecule has 0 radical (unpaired) electrons. The molecule has 0 fully saturated rings. The molecule has 21 heavy (non-hydrogen) atoms. The minimum Gasteiger partial charge on any atom is -0.507 e. The van der Waals surface area contributed by atoms with Gasteiger partial charge in [-0.1, -0.05) is 35.9 Å². The number of phenolic OH excluding ortho intramolecular Hbond substituents is 1. The summed E-state index contributed by atoms with van der Waals surface area (Å²) in [6.07, 6.45) is 1.98. The lowest BCUT2D eigenvalue weighted by Crippen LogP contribution is -2.17. The summed E-state index contributed by atoms with van der Waals surface area (Å²) in [5.74, 6) is 0.340. The van der Waals surface area contributed by atoms with Gasteiger partial charge in [-0.05, 0) is 37.2 Å². The molecule has 3 nitrogen and oxygen atoms in total. The van der Waals surface area contributed by atoms with Gasteiger partial charge >= 0.3 is 0 Å². The number of nitrogens with zero attached hydrogens (tertiary/aromatic N) is 1. The highest BCUT2D eigenvalue weighted by molar-refractivity contribution is 5.88. The summed E-state index contributed by atoms with van der Waals surface area (Å²) in [7, 11) is 2.10. The van der Waals surface area contributed by atoms with Crippen LogP contribution in [0.3, 0.4) is 0 Å². The Balaban J connectivity index is 1.77. The number of nitrogens with one attached hydrogen (secondary N) is 1. The number of rotatable bonds is 4. The molecule has 0 unspecified atom stereocenters. The van der Waals surface area contributed by atoms with Crippen LogP contribution in [-0.4, -0.2) is 22.0 Å². The molecule has 2 aromatic carbocycles. The average molecular weight is 280 g/mol. The minimum absolute atomic E-state index is 0.340. The number of hydrogen-bond donors (Lipinski definition) is 2. The monoisotopic (exact) mass is 280 g/mol. The van der Waals surface area contributed by atoms with Gasteiger partial charge in [-0.3, -0.25) is 4.90 Å². The van der Waals surface area contributed by atoms with Crippen molar-refractivity contribution in [3.8, 4) is 5.75 Å². The lowest BCUT2D eigenvalue weighted by Gasteiger charge is -2.16. The average Bonchev–Trinajstić information content (AvgIpc) is 2.86. The van der Waals surface area contributed by atoms with E-state index in [2.05, 4.69) is 48.1 Å². The molecule has 0 atom stereocenters. The second-order valence-electron chi connectivity index (χ2n) is 5.67. The van der Waals surface area contributed by atoms with Crippen molar-refractivity contribution in [2.45, 2.75) is 20.0 Å². The second-order valence-corrected chi connectivity index (χ2v) is 5.67. The van der Waals surface area contributed by atoms with Gasteiger partial charge in [0.25, 0.3) is 0 Å². The lowest BCUT2D eigenvalue weighted by molar-refractivity contribution is 0.320. The fourth-order valence-corrected chi connectivity index (χ4v) is 2.71. The zero-order valence-electron chi connectivity index (χ0n) is 12.4. The molecule has 3 aromatic rings. The number of benzene rings is 2. The molecule has 0 spiro atoms. The topological polar surface area (TPSA) is 39.3 Å². The predicted molar refractivity (Wildman–Crippen MR) is 86.3 cm³/mol. The van der Waals surface area contributed by atoms with Crippen LogP contribution in [0.15, 0.2) is 48.7 Å². The molecular formula is C18H20N2O. The maximum Gasteiger partial charge on any atom is 0.125 e. The number of H-pyrrole nitrogens is 1. The molecule has 1 heterocycles. The van der Waals surface area contributed by atoms with Crippen molar-refractivity contribution in [2.24, 2.45) is 0 Å². The van der Waals surface area contributed by atoms with Gasteiger partial charge in [-0.15, -0.1) is 0 Å². The van der Waals surface area contributed by atoms with E-state index in [1.165, 1.54) is 11.1 Å². The van der Waals surface area contributed by atoms with Crippen LogP contribution in [-0.2, 0) is 13.1 Å². The van der Waals surface area contributed by atoms with Crippen LogP contribution < -0.4 is 0 Å².